The van der Waals surface area contributed by atoms with Gasteiger partial charge in [-0.1, -0.05) is 6.92 Å². The summed E-state index contributed by atoms with van der Waals surface area (Å²) in [4.78, 5) is 9.83. The van der Waals surface area contributed by atoms with Gasteiger partial charge in [0.1, 0.15) is 0 Å². The van der Waals surface area contributed by atoms with Crippen LogP contribution in [-0.4, -0.2) is 16.5 Å². The maximum absolute atomic E-state index is 4.37. The molecule has 1 unspecified atom stereocenters. The first kappa shape index (κ1) is 11.2. The SMILES string of the molecule is CCNC(c1cnccn1)c1ccsc1C. The van der Waals surface area contributed by atoms with E-state index < -0.39 is 0 Å². The average molecular weight is 233 g/mol. The van der Waals surface area contributed by atoms with Gasteiger partial charge in [0.15, 0.2) is 0 Å². The monoisotopic (exact) mass is 233 g/mol. The molecule has 0 bridgehead atoms. The number of thiophene rings is 1. The van der Waals surface area contributed by atoms with Gasteiger partial charge < -0.3 is 5.32 Å². The van der Waals surface area contributed by atoms with Crippen molar-refractivity contribution in [2.45, 2.75) is 19.9 Å². The Labute approximate surface area is 99.6 Å². The van der Waals surface area contributed by atoms with Gasteiger partial charge in [0.25, 0.3) is 0 Å². The minimum absolute atomic E-state index is 0.157. The maximum Gasteiger partial charge on any atom is 0.0801 e. The van der Waals surface area contributed by atoms with Crippen LogP contribution < -0.4 is 5.32 Å². The Bertz CT molecular complexity index is 439. The first-order valence-corrected chi connectivity index (χ1v) is 6.24. The van der Waals surface area contributed by atoms with Crippen molar-refractivity contribution >= 4 is 11.3 Å². The number of hydrogen-bond donors (Lipinski definition) is 1. The summed E-state index contributed by atoms with van der Waals surface area (Å²) in [5.74, 6) is 0. The lowest BCUT2D eigenvalue weighted by Gasteiger charge is -2.16. The highest BCUT2D eigenvalue weighted by atomic mass is 32.1. The fourth-order valence-corrected chi connectivity index (χ4v) is 2.47. The van der Waals surface area contributed by atoms with Gasteiger partial charge in [0.2, 0.25) is 0 Å². The van der Waals surface area contributed by atoms with Crippen molar-refractivity contribution in [2.75, 3.05) is 6.54 Å². The molecule has 2 aromatic rings. The lowest BCUT2D eigenvalue weighted by atomic mass is 10.1. The highest BCUT2D eigenvalue weighted by Crippen LogP contribution is 2.26. The van der Waals surface area contributed by atoms with Gasteiger partial charge in [-0.05, 0) is 30.5 Å². The fraction of sp³-hybridized carbons (Fsp3) is 0.333. The van der Waals surface area contributed by atoms with Crippen molar-refractivity contribution in [1.82, 2.24) is 15.3 Å². The predicted octanol–water partition coefficient (Wildman–Crippen LogP) is 2.55. The third kappa shape index (κ3) is 2.28. The number of nitrogens with zero attached hydrogens (tertiary/aromatic N) is 2. The Hall–Kier alpha value is -1.26. The molecule has 84 valence electrons. The van der Waals surface area contributed by atoms with E-state index in [0.29, 0.717) is 0 Å². The highest BCUT2D eigenvalue weighted by molar-refractivity contribution is 7.10. The number of nitrogens with one attached hydrogen (secondary N) is 1. The molecule has 2 heterocycles. The molecular formula is C12H15N3S. The minimum atomic E-state index is 0.157. The quantitative estimate of drug-likeness (QED) is 0.882. The van der Waals surface area contributed by atoms with Crippen molar-refractivity contribution in [1.29, 1.82) is 0 Å². The fourth-order valence-electron chi connectivity index (χ4n) is 1.73. The maximum atomic E-state index is 4.37. The zero-order valence-electron chi connectivity index (χ0n) is 9.47. The van der Waals surface area contributed by atoms with Gasteiger partial charge in [0, 0.05) is 17.3 Å². The summed E-state index contributed by atoms with van der Waals surface area (Å²) in [5.41, 5.74) is 2.28. The number of aryl methyl sites for hydroxylation is 1. The second-order valence-electron chi connectivity index (χ2n) is 3.55. The van der Waals surface area contributed by atoms with E-state index in [-0.39, 0.29) is 6.04 Å². The Morgan fingerprint density at radius 2 is 2.31 bits per heavy atom. The van der Waals surface area contributed by atoms with Crippen molar-refractivity contribution in [2.24, 2.45) is 0 Å². The molecule has 0 saturated heterocycles. The standard InChI is InChI=1S/C12H15N3S/c1-3-14-12(10-4-7-16-9(10)2)11-8-13-5-6-15-11/h4-8,12,14H,3H2,1-2H3. The van der Waals surface area contributed by atoms with Gasteiger partial charge in [-0.2, -0.15) is 0 Å². The first-order valence-electron chi connectivity index (χ1n) is 5.36. The lowest BCUT2D eigenvalue weighted by Crippen LogP contribution is -2.23. The summed E-state index contributed by atoms with van der Waals surface area (Å²) < 4.78 is 0. The zero-order chi connectivity index (χ0) is 11.4. The highest BCUT2D eigenvalue weighted by Gasteiger charge is 2.16. The summed E-state index contributed by atoms with van der Waals surface area (Å²) >= 11 is 1.77. The van der Waals surface area contributed by atoms with Crippen LogP contribution >= 0.6 is 11.3 Å². The van der Waals surface area contributed by atoms with Crippen molar-refractivity contribution < 1.29 is 0 Å². The molecule has 3 nitrogen and oxygen atoms in total. The Balaban J connectivity index is 2.35. The summed E-state index contributed by atoms with van der Waals surface area (Å²) in [7, 11) is 0. The van der Waals surface area contributed by atoms with Gasteiger partial charge >= 0.3 is 0 Å². The molecule has 0 aromatic carbocycles. The average Bonchev–Trinajstić information content (AvgIpc) is 2.73. The lowest BCUT2D eigenvalue weighted by molar-refractivity contribution is 0.612. The van der Waals surface area contributed by atoms with Gasteiger partial charge in [-0.3, -0.25) is 9.97 Å². The smallest absolute Gasteiger partial charge is 0.0801 e. The van der Waals surface area contributed by atoms with Crippen LogP contribution in [0.4, 0.5) is 0 Å². The molecule has 0 fully saturated rings. The predicted molar refractivity (Wildman–Crippen MR) is 66.6 cm³/mol. The summed E-state index contributed by atoms with van der Waals surface area (Å²) in [6.07, 6.45) is 5.26. The molecule has 4 heteroatoms. The molecule has 0 spiro atoms. The molecule has 1 N–H and O–H groups in total. The first-order chi connectivity index (χ1) is 7.83. The van der Waals surface area contributed by atoms with Crippen LogP contribution in [0.25, 0.3) is 0 Å². The molecular weight excluding hydrogens is 218 g/mol. The number of rotatable bonds is 4. The number of aromatic nitrogens is 2. The molecule has 0 saturated carbocycles. The minimum Gasteiger partial charge on any atom is -0.305 e. The molecule has 0 aliphatic heterocycles. The second kappa shape index (κ2) is 5.18. The Kier molecular flexibility index (Phi) is 3.64. The molecule has 0 radical (unpaired) electrons. The number of hydrogen-bond acceptors (Lipinski definition) is 4. The van der Waals surface area contributed by atoms with Crippen LogP contribution in [0.5, 0.6) is 0 Å². The van der Waals surface area contributed by atoms with E-state index in [1.165, 1.54) is 10.4 Å². The summed E-state index contributed by atoms with van der Waals surface area (Å²) in [6, 6.07) is 2.31. The third-order valence-corrected chi connectivity index (χ3v) is 3.36. The van der Waals surface area contributed by atoms with Crippen LogP contribution in [0.2, 0.25) is 0 Å². The van der Waals surface area contributed by atoms with E-state index in [9.17, 15) is 0 Å². The van der Waals surface area contributed by atoms with E-state index in [0.717, 1.165) is 12.2 Å². The van der Waals surface area contributed by atoms with Crippen molar-refractivity contribution in [3.05, 3.63) is 46.2 Å². The summed E-state index contributed by atoms with van der Waals surface area (Å²) in [5, 5.41) is 5.56. The molecule has 0 aliphatic rings. The van der Waals surface area contributed by atoms with Gasteiger partial charge in [0.05, 0.1) is 17.9 Å². The normalized spacial score (nSPS) is 12.6. The Morgan fingerprint density at radius 3 is 2.88 bits per heavy atom. The van der Waals surface area contributed by atoms with E-state index in [1.54, 1.807) is 23.7 Å². The molecule has 16 heavy (non-hydrogen) atoms. The van der Waals surface area contributed by atoms with Crippen LogP contribution in [0, 0.1) is 6.92 Å². The Morgan fingerprint density at radius 1 is 1.44 bits per heavy atom. The van der Waals surface area contributed by atoms with Crippen LogP contribution in [0.3, 0.4) is 0 Å². The summed E-state index contributed by atoms with van der Waals surface area (Å²) in [6.45, 7) is 5.16. The van der Waals surface area contributed by atoms with E-state index >= 15 is 0 Å². The molecule has 2 aromatic heterocycles. The van der Waals surface area contributed by atoms with Crippen LogP contribution in [0.15, 0.2) is 30.0 Å². The van der Waals surface area contributed by atoms with Gasteiger partial charge in [-0.15, -0.1) is 11.3 Å². The molecule has 1 atom stereocenters. The van der Waals surface area contributed by atoms with E-state index in [4.69, 9.17) is 0 Å². The van der Waals surface area contributed by atoms with Crippen LogP contribution in [-0.2, 0) is 0 Å². The topological polar surface area (TPSA) is 37.8 Å². The van der Waals surface area contributed by atoms with Gasteiger partial charge in [-0.25, -0.2) is 0 Å². The van der Waals surface area contributed by atoms with Crippen LogP contribution in [0.1, 0.15) is 29.1 Å². The van der Waals surface area contributed by atoms with E-state index in [2.05, 4.69) is 40.6 Å². The molecule has 0 aliphatic carbocycles. The van der Waals surface area contributed by atoms with Crippen molar-refractivity contribution in [3.8, 4) is 0 Å². The van der Waals surface area contributed by atoms with E-state index in [1.807, 2.05) is 6.20 Å². The van der Waals surface area contributed by atoms with Crippen molar-refractivity contribution in [3.63, 3.8) is 0 Å². The third-order valence-electron chi connectivity index (χ3n) is 2.50. The largest absolute Gasteiger partial charge is 0.305 e. The molecule has 2 rings (SSSR count). The molecule has 0 amide bonds. The zero-order valence-corrected chi connectivity index (χ0v) is 10.3. The second-order valence-corrected chi connectivity index (χ2v) is 4.67.